The molecule has 1 aliphatic carbocycles. The van der Waals surface area contributed by atoms with Gasteiger partial charge >= 0.3 is 5.97 Å². The number of nitrogens with zero attached hydrogens (tertiary/aromatic N) is 1. The van der Waals surface area contributed by atoms with Crippen LogP contribution in [-0.4, -0.2) is 134 Å². The number of ether oxygens (including phenoxy) is 6. The lowest BCUT2D eigenvalue weighted by Gasteiger charge is -2.47. The van der Waals surface area contributed by atoms with Crippen LogP contribution >= 0.6 is 0 Å². The average molecular weight is 862 g/mol. The van der Waals surface area contributed by atoms with Crippen LogP contribution < -0.4 is 0 Å². The molecule has 1 amide bonds. The number of alkyl halides is 1. The minimum Gasteiger partial charge on any atom is -0.456 e. The van der Waals surface area contributed by atoms with E-state index in [0.717, 1.165) is 11.3 Å². The molecule has 14 heteroatoms. The molecule has 1 saturated carbocycles. The number of cyclic esters (lactones) is 1. The molecular weight excluding hydrogens is 790 g/mol. The first-order chi connectivity index (χ1) is 28.9. The van der Waals surface area contributed by atoms with Gasteiger partial charge in [0.25, 0.3) is 11.7 Å². The summed E-state index contributed by atoms with van der Waals surface area (Å²) < 4.78 is 52.1. The largest absolute Gasteiger partial charge is 0.456 e. The van der Waals surface area contributed by atoms with Gasteiger partial charge in [0.2, 0.25) is 5.79 Å². The zero-order valence-electron chi connectivity index (χ0n) is 38.0. The fourth-order valence-corrected chi connectivity index (χ4v) is 9.69. The Bertz CT molecular complexity index is 1640. The topological polar surface area (TPSA) is 167 Å². The summed E-state index contributed by atoms with van der Waals surface area (Å²) in [6.07, 6.45) is 0.588. The van der Waals surface area contributed by atoms with E-state index in [9.17, 15) is 29.4 Å². The van der Waals surface area contributed by atoms with E-state index in [0.29, 0.717) is 49.9 Å². The van der Waals surface area contributed by atoms with Gasteiger partial charge in [-0.25, -0.2) is 9.18 Å². The number of carbonyl (C=O) groups excluding carboxylic acids is 4. The lowest BCUT2D eigenvalue weighted by atomic mass is 9.81. The number of Topliss-reactive ketones (excluding diaryl/α,β-unsaturated/α-hetero) is 2. The lowest BCUT2D eigenvalue weighted by Crippen LogP contribution is -2.64. The lowest BCUT2D eigenvalue weighted by molar-refractivity contribution is -0.302. The van der Waals surface area contributed by atoms with Gasteiger partial charge in [-0.2, -0.15) is 0 Å². The number of hydrogen-bond donors (Lipinski definition) is 2. The first-order valence-electron chi connectivity index (χ1n) is 22.2. The van der Waals surface area contributed by atoms with E-state index in [1.54, 1.807) is 47.8 Å². The number of halogens is 1. The van der Waals surface area contributed by atoms with Crippen molar-refractivity contribution in [1.82, 2.24) is 4.90 Å². The van der Waals surface area contributed by atoms with Gasteiger partial charge in [0, 0.05) is 52.0 Å². The molecule has 4 aliphatic rings. The molecule has 344 valence electrons. The van der Waals surface area contributed by atoms with Crippen molar-refractivity contribution in [3.8, 4) is 11.8 Å². The van der Waals surface area contributed by atoms with E-state index >= 15 is 4.39 Å². The van der Waals surface area contributed by atoms with Crippen molar-refractivity contribution in [2.24, 2.45) is 29.6 Å². The number of esters is 1. The van der Waals surface area contributed by atoms with Crippen LogP contribution in [0.2, 0.25) is 0 Å². The van der Waals surface area contributed by atoms with Crippen molar-refractivity contribution < 1.29 is 62.2 Å². The van der Waals surface area contributed by atoms with Crippen molar-refractivity contribution in [2.45, 2.75) is 173 Å². The number of rotatable bonds is 8. The molecule has 0 aromatic carbocycles. The molecule has 15 unspecified atom stereocenters. The molecule has 3 fully saturated rings. The Labute approximate surface area is 362 Å². The number of fused-ring (bicyclic) bond motifs is 3. The number of amides is 1. The van der Waals surface area contributed by atoms with Crippen LogP contribution in [0.1, 0.15) is 113 Å². The molecule has 15 atom stereocenters. The van der Waals surface area contributed by atoms with E-state index in [1.165, 1.54) is 14.2 Å². The molecule has 0 aromatic rings. The van der Waals surface area contributed by atoms with Crippen molar-refractivity contribution in [3.63, 3.8) is 0 Å². The Morgan fingerprint density at radius 1 is 0.984 bits per heavy atom. The summed E-state index contributed by atoms with van der Waals surface area (Å²) in [5, 5.41) is 23.8. The fraction of sp³-hybridized carbons (Fsp3) is 0.787. The van der Waals surface area contributed by atoms with Crippen molar-refractivity contribution in [1.29, 1.82) is 0 Å². The highest BCUT2D eigenvalue weighted by Gasteiger charge is 2.57. The van der Waals surface area contributed by atoms with Gasteiger partial charge in [0.15, 0.2) is 0 Å². The minimum atomic E-state index is -2.60. The molecule has 0 radical (unpaired) electrons. The molecule has 3 heterocycles. The summed E-state index contributed by atoms with van der Waals surface area (Å²) in [7, 11) is 4.52. The van der Waals surface area contributed by atoms with Crippen LogP contribution in [0.4, 0.5) is 4.39 Å². The van der Waals surface area contributed by atoms with Crippen LogP contribution in [0, 0.1) is 41.4 Å². The number of ketones is 2. The summed E-state index contributed by atoms with van der Waals surface area (Å²) in [4.78, 5) is 58.0. The Balaban J connectivity index is 1.76. The summed E-state index contributed by atoms with van der Waals surface area (Å²) in [6, 6.07) is -1.17. The van der Waals surface area contributed by atoms with Crippen LogP contribution in [0.5, 0.6) is 0 Å². The van der Waals surface area contributed by atoms with E-state index < -0.39 is 89.9 Å². The van der Waals surface area contributed by atoms with Gasteiger partial charge in [-0.1, -0.05) is 45.8 Å². The van der Waals surface area contributed by atoms with Crippen molar-refractivity contribution in [3.05, 3.63) is 23.3 Å². The second-order valence-electron chi connectivity index (χ2n) is 17.8. The van der Waals surface area contributed by atoms with Crippen LogP contribution in [0.15, 0.2) is 23.3 Å². The maximum absolute atomic E-state index is 16.3. The highest BCUT2D eigenvalue weighted by molar-refractivity contribution is 6.39. The van der Waals surface area contributed by atoms with E-state index in [2.05, 4.69) is 11.8 Å². The third kappa shape index (κ3) is 12.2. The predicted octanol–water partition coefficient (Wildman–Crippen LogP) is 5.47. The predicted molar refractivity (Wildman–Crippen MR) is 226 cm³/mol. The van der Waals surface area contributed by atoms with Crippen LogP contribution in [0.3, 0.4) is 0 Å². The number of piperidine rings is 1. The highest BCUT2D eigenvalue weighted by Crippen LogP contribution is 2.40. The summed E-state index contributed by atoms with van der Waals surface area (Å²) in [5.74, 6) is -3.24. The summed E-state index contributed by atoms with van der Waals surface area (Å²) in [6.45, 7) is 12.4. The molecule has 4 rings (SSSR count). The number of aliphatic hydroxyl groups excluding tert-OH is 1. The summed E-state index contributed by atoms with van der Waals surface area (Å²) >= 11 is 0. The quantitative estimate of drug-likeness (QED) is 0.137. The van der Waals surface area contributed by atoms with E-state index in [-0.39, 0.29) is 56.1 Å². The summed E-state index contributed by atoms with van der Waals surface area (Å²) in [5.41, 5.74) is 0.985. The van der Waals surface area contributed by atoms with Gasteiger partial charge in [-0.05, 0) is 102 Å². The number of carbonyl (C=O) groups is 4. The van der Waals surface area contributed by atoms with Gasteiger partial charge in [0.05, 0.1) is 30.5 Å². The standard InChI is InChI=1S/C47H72FNO12/c1-11-13-20-59-37-18-17-32(25-38(37)56-8)21-29(5)42-31(7)35(50)26-36(51)33(12-2)22-27(3)41(48)28(4)23-39(57-9)43-40(58-10)24-30(6)47(55,61-43)44(52)45(53)49-19-15-14-16-34(49)46(54)60-42/h21-22,28,30-35,37-43,50,55H,12,14-20,23-26H2,1-10H3. The molecule has 0 spiro atoms. The Kier molecular flexibility index (Phi) is 19.1. The first-order valence-corrected chi connectivity index (χ1v) is 22.2. The average Bonchev–Trinajstić information content (AvgIpc) is 3.25. The highest BCUT2D eigenvalue weighted by atomic mass is 19.1. The third-order valence-corrected chi connectivity index (χ3v) is 13.6. The van der Waals surface area contributed by atoms with Crippen LogP contribution in [-0.2, 0) is 47.6 Å². The third-order valence-electron chi connectivity index (χ3n) is 13.6. The van der Waals surface area contributed by atoms with E-state index in [4.69, 9.17) is 28.4 Å². The maximum Gasteiger partial charge on any atom is 0.329 e. The second kappa shape index (κ2) is 23.1. The Morgan fingerprint density at radius 3 is 2.30 bits per heavy atom. The second-order valence-corrected chi connectivity index (χ2v) is 17.8. The molecule has 13 nitrogen and oxygen atoms in total. The molecule has 2 N–H and O–H groups in total. The van der Waals surface area contributed by atoms with Crippen LogP contribution in [0.25, 0.3) is 0 Å². The smallest absolute Gasteiger partial charge is 0.329 e. The van der Waals surface area contributed by atoms with Crippen molar-refractivity contribution in [2.75, 3.05) is 34.5 Å². The fourth-order valence-electron chi connectivity index (χ4n) is 9.69. The van der Waals surface area contributed by atoms with Gasteiger partial charge < -0.3 is 43.5 Å². The van der Waals surface area contributed by atoms with Crippen molar-refractivity contribution >= 4 is 23.4 Å². The molecule has 2 saturated heterocycles. The number of aliphatic hydroxyl groups is 2. The minimum absolute atomic E-state index is 0.00772. The Morgan fingerprint density at radius 2 is 1.66 bits per heavy atom. The molecular formula is C47H72FNO12. The zero-order valence-corrected chi connectivity index (χ0v) is 38.0. The monoisotopic (exact) mass is 862 g/mol. The van der Waals surface area contributed by atoms with E-state index in [1.807, 2.05) is 19.9 Å². The molecule has 61 heavy (non-hydrogen) atoms. The Hall–Kier alpha value is -3.03. The molecule has 2 bridgehead atoms. The normalized spacial score (nSPS) is 39.3. The maximum atomic E-state index is 16.3. The molecule has 0 aromatic heterocycles. The number of methoxy groups -OCH3 is 3. The zero-order chi connectivity index (χ0) is 45.2. The SMILES string of the molecule is CC#CCOC1CCC(C=C(C)C2OC(=O)C3CCCCN3C(=O)C(=O)C3(O)OC(C(OC)CC(C)C(F)C(C)=CC(CC)C(=O)CC(O)C2C)C(OC)CC3C)CC1OC. The van der Waals surface area contributed by atoms with Gasteiger partial charge in [-0.3, -0.25) is 14.4 Å². The van der Waals surface area contributed by atoms with Gasteiger partial charge in [-0.15, -0.1) is 5.92 Å². The number of hydrogen-bond acceptors (Lipinski definition) is 12. The number of allylic oxidation sites excluding steroid dienone is 3. The molecule has 3 aliphatic heterocycles. The van der Waals surface area contributed by atoms with Gasteiger partial charge in [0.1, 0.15) is 36.8 Å². The first kappa shape index (κ1) is 50.6.